The Kier molecular flexibility index (Phi) is 26.4. The van der Waals surface area contributed by atoms with Gasteiger partial charge in [-0.05, 0) is 152 Å². The molecule has 8 atom stereocenters. The molecular formula is C85H110N20O5S2. The van der Waals surface area contributed by atoms with E-state index in [1.807, 2.05) is 48.8 Å². The van der Waals surface area contributed by atoms with Gasteiger partial charge in [-0.2, -0.15) is 4.98 Å². The lowest BCUT2D eigenvalue weighted by atomic mass is 9.95. The number of anilines is 4. The molecule has 12 aromatic rings. The number of carbonyl (C=O) groups is 4. The lowest BCUT2D eigenvalue weighted by molar-refractivity contribution is 0.0933. The number of nitrogens with one attached hydrogen (secondary N) is 5. The number of fused-ring (bicyclic) bond motifs is 4. The van der Waals surface area contributed by atoms with Crippen LogP contribution in [0.3, 0.4) is 0 Å². The number of benzene rings is 4. The SMILES string of the molecule is CC(CC(=O)c1cnc(N2CCN(C)C(C)C2)o1)Cc1c[nH]c2ccccc12.CC(CC(=O)c1nc(N2CCN(C)C(C)C2)n[nH]1)Cc1c[nH]c2ccccc12.CC(CC(=O)c1nnc(N2CCN(C)C(C)C2)s1)Cc1c[nH]c2ccccc12.CC(CC(=O)c1nnc(N2CCN(C)C(C)C2)s1)Cc1c[nH]c2ccccc12. The lowest BCUT2D eigenvalue weighted by Crippen LogP contribution is -2.50. The largest absolute Gasteiger partial charge is 0.420 e. The smallest absolute Gasteiger partial charge is 0.297 e. The van der Waals surface area contributed by atoms with Crippen molar-refractivity contribution in [2.45, 2.75) is 131 Å². The van der Waals surface area contributed by atoms with Gasteiger partial charge in [0.05, 0.1) is 6.20 Å². The molecule has 112 heavy (non-hydrogen) atoms. The van der Waals surface area contributed by atoms with Crippen LogP contribution in [0.25, 0.3) is 43.6 Å². The van der Waals surface area contributed by atoms with E-state index in [2.05, 4.69) is 256 Å². The predicted molar refractivity (Wildman–Crippen MR) is 450 cm³/mol. The Morgan fingerprint density at radius 3 is 1.14 bits per heavy atom. The quantitative estimate of drug-likeness (QED) is 0.0352. The van der Waals surface area contributed by atoms with Crippen molar-refractivity contribution < 1.29 is 23.6 Å². The summed E-state index contributed by atoms with van der Waals surface area (Å²) in [4.78, 5) is 91.0. The Balaban J connectivity index is 0.000000131. The molecule has 4 fully saturated rings. The van der Waals surface area contributed by atoms with Crippen LogP contribution in [-0.4, -0.2) is 234 Å². The van der Waals surface area contributed by atoms with Crippen molar-refractivity contribution in [2.75, 3.05) is 126 Å². The van der Waals surface area contributed by atoms with Crippen molar-refractivity contribution in [3.05, 3.63) is 172 Å². The fraction of sp³-hybridized carbons (Fsp3) is 0.471. The normalized spacial score (nSPS) is 19.2. The molecule has 4 aliphatic rings. The Morgan fingerprint density at radius 2 is 0.759 bits per heavy atom. The lowest BCUT2D eigenvalue weighted by Gasteiger charge is -2.37. The molecule has 4 aliphatic heterocycles. The van der Waals surface area contributed by atoms with Crippen LogP contribution in [0.2, 0.25) is 0 Å². The minimum Gasteiger partial charge on any atom is -0.420 e. The van der Waals surface area contributed by atoms with Crippen molar-refractivity contribution >= 4 is 112 Å². The number of aromatic nitrogens is 12. The minimum absolute atomic E-state index is 0.0215. The number of H-pyrrole nitrogens is 5. The fourth-order valence-electron chi connectivity index (χ4n) is 15.5. The molecule has 0 spiro atoms. The van der Waals surface area contributed by atoms with E-state index < -0.39 is 0 Å². The fourth-order valence-corrected chi connectivity index (χ4v) is 17.2. The van der Waals surface area contributed by atoms with Gasteiger partial charge >= 0.3 is 0 Å². The third-order valence-electron chi connectivity index (χ3n) is 22.9. The van der Waals surface area contributed by atoms with Crippen molar-refractivity contribution in [1.82, 2.24) is 80.1 Å². The number of Topliss-reactive ketones (excluding diaryl/α,β-unsaturated/α-hetero) is 4. The first kappa shape index (κ1) is 80.3. The topological polar surface area (TPSA) is 277 Å². The third-order valence-corrected chi connectivity index (χ3v) is 24.9. The molecule has 27 heteroatoms. The van der Waals surface area contributed by atoms with Gasteiger partial charge in [-0.3, -0.25) is 24.3 Å². The predicted octanol–water partition coefficient (Wildman–Crippen LogP) is 13.8. The van der Waals surface area contributed by atoms with E-state index in [1.54, 1.807) is 6.20 Å². The van der Waals surface area contributed by atoms with Crippen LogP contribution < -0.4 is 19.6 Å². The van der Waals surface area contributed by atoms with Gasteiger partial charge in [0.25, 0.3) is 6.01 Å². The Morgan fingerprint density at radius 1 is 0.429 bits per heavy atom. The Hall–Kier alpha value is -9.77. The molecule has 12 heterocycles. The van der Waals surface area contributed by atoms with E-state index in [-0.39, 0.29) is 46.8 Å². The van der Waals surface area contributed by atoms with Crippen molar-refractivity contribution in [3.8, 4) is 0 Å². The van der Waals surface area contributed by atoms with Gasteiger partial charge in [0, 0.05) is 197 Å². The van der Waals surface area contributed by atoms with E-state index in [0.29, 0.717) is 83.4 Å². The highest BCUT2D eigenvalue weighted by molar-refractivity contribution is 7.17. The number of piperazine rings is 4. The summed E-state index contributed by atoms with van der Waals surface area (Å²) < 4.78 is 5.82. The van der Waals surface area contributed by atoms with E-state index in [9.17, 15) is 19.2 Å². The van der Waals surface area contributed by atoms with Gasteiger partial charge in [-0.25, -0.2) is 4.98 Å². The van der Waals surface area contributed by atoms with Crippen LogP contribution in [-0.2, 0) is 25.7 Å². The number of hydrogen-bond acceptors (Lipinski definition) is 22. The van der Waals surface area contributed by atoms with Gasteiger partial charge in [0.2, 0.25) is 16.2 Å². The van der Waals surface area contributed by atoms with Crippen molar-refractivity contribution in [1.29, 1.82) is 0 Å². The van der Waals surface area contributed by atoms with E-state index in [1.165, 1.54) is 66.5 Å². The van der Waals surface area contributed by atoms with Crippen molar-refractivity contribution in [3.63, 3.8) is 0 Å². The molecule has 16 rings (SSSR count). The molecule has 0 radical (unpaired) electrons. The van der Waals surface area contributed by atoms with Crippen LogP contribution in [0, 0.1) is 23.7 Å². The first-order chi connectivity index (χ1) is 54.0. The first-order valence-electron chi connectivity index (χ1n) is 39.7. The van der Waals surface area contributed by atoms with E-state index in [4.69, 9.17) is 4.42 Å². The first-order valence-corrected chi connectivity index (χ1v) is 41.4. The Labute approximate surface area is 664 Å². The number of rotatable bonds is 24. The molecule has 0 amide bonds. The summed E-state index contributed by atoms with van der Waals surface area (Å²) >= 11 is 2.87. The van der Waals surface area contributed by atoms with Crippen LogP contribution in [0.1, 0.15) is 144 Å². The van der Waals surface area contributed by atoms with Gasteiger partial charge in [0.1, 0.15) is 0 Å². The van der Waals surface area contributed by atoms with E-state index in [0.717, 1.165) is 137 Å². The molecule has 8 aromatic heterocycles. The number of hydrogen-bond donors (Lipinski definition) is 5. The molecular weight excluding hydrogens is 1450 g/mol. The Bertz CT molecular complexity index is 4480. The number of carbonyl (C=O) groups excluding carboxylic acids is 4. The molecule has 8 unspecified atom stereocenters. The van der Waals surface area contributed by atoms with Gasteiger partial charge in [0.15, 0.2) is 44.7 Å². The molecule has 4 saturated heterocycles. The molecule has 4 aromatic carbocycles. The minimum atomic E-state index is 0.0215. The van der Waals surface area contributed by atoms with Crippen LogP contribution >= 0.6 is 22.7 Å². The van der Waals surface area contributed by atoms with Crippen LogP contribution in [0.5, 0.6) is 0 Å². The summed E-state index contributed by atoms with van der Waals surface area (Å²) in [7, 11) is 8.55. The highest BCUT2D eigenvalue weighted by Gasteiger charge is 2.31. The number of aromatic amines is 5. The van der Waals surface area contributed by atoms with Gasteiger partial charge in [-0.15, -0.1) is 25.5 Å². The summed E-state index contributed by atoms with van der Waals surface area (Å²) in [6, 6.07) is 35.5. The highest BCUT2D eigenvalue weighted by atomic mass is 32.1. The summed E-state index contributed by atoms with van der Waals surface area (Å²) in [6.45, 7) is 28.4. The van der Waals surface area contributed by atoms with Gasteiger partial charge in [-0.1, -0.05) is 123 Å². The van der Waals surface area contributed by atoms with Gasteiger partial charge < -0.3 is 63.6 Å². The number of ketones is 4. The third kappa shape index (κ3) is 20.0. The zero-order valence-electron chi connectivity index (χ0n) is 67.0. The summed E-state index contributed by atoms with van der Waals surface area (Å²) in [5, 5.41) is 31.9. The number of para-hydroxylation sites is 4. The van der Waals surface area contributed by atoms with Crippen LogP contribution in [0.4, 0.5) is 22.2 Å². The summed E-state index contributed by atoms with van der Waals surface area (Å²) in [5.74, 6) is 2.56. The molecule has 0 bridgehead atoms. The summed E-state index contributed by atoms with van der Waals surface area (Å²) in [6.07, 6.45) is 15.1. The number of oxazole rings is 1. The average Bonchev–Trinajstić information content (AvgIpc) is 1.72. The average molecular weight is 1560 g/mol. The molecule has 0 aliphatic carbocycles. The second-order valence-electron chi connectivity index (χ2n) is 32.1. The highest BCUT2D eigenvalue weighted by Crippen LogP contribution is 2.32. The van der Waals surface area contributed by atoms with Crippen LogP contribution in [0.15, 0.2) is 132 Å². The monoisotopic (exact) mass is 1550 g/mol. The number of likely N-dealkylation sites (N-methyl/N-ethyl adjacent to an activating group) is 4. The van der Waals surface area contributed by atoms with E-state index >= 15 is 0 Å². The zero-order chi connectivity index (χ0) is 78.7. The molecule has 592 valence electrons. The maximum Gasteiger partial charge on any atom is 0.297 e. The maximum atomic E-state index is 12.7. The summed E-state index contributed by atoms with van der Waals surface area (Å²) in [5.41, 5.74) is 9.59. The zero-order valence-corrected chi connectivity index (χ0v) is 68.6. The van der Waals surface area contributed by atoms with Crippen molar-refractivity contribution in [2.24, 2.45) is 23.7 Å². The number of nitrogens with zero attached hydrogens (tertiary/aromatic N) is 15. The molecule has 5 N–H and O–H groups in total. The second-order valence-corrected chi connectivity index (χ2v) is 34.0. The maximum absolute atomic E-state index is 12.7. The molecule has 0 saturated carbocycles. The molecule has 25 nitrogen and oxygen atoms in total. The second kappa shape index (κ2) is 36.8. The standard InChI is InChI=1S/C22H28N4O2.C21H28N6O.2C21H27N5OS/c1-15(10-17-12-23-19-7-5-4-6-18(17)19)11-20(27)21-13-24-22(28-21)26-9-8-25(3)16(2)14-26;1-14(10-16-12-22-18-7-5-4-6-17(16)18)11-19(28)20-23-21(25-24-20)27-9-8-26(3)15(2)13-27;2*1-14(10-16-12-22-18-7-5-4-6-17(16)18)11-19(27)20-23-24-21(28-20)26-9-8-25(3)15(2)13-26/h4-7,12-13,15-16,23H,8-11,14H2,1-3H3;4-7,12,14-15,22H,8-11,13H2,1-3H3,(H,23,24,25);2*4-7,12,14-15,22H,8-11,13H2,1-3H3.